The molecule has 6 nitrogen and oxygen atoms in total. The average Bonchev–Trinajstić information content (AvgIpc) is 2.88. The van der Waals surface area contributed by atoms with Gasteiger partial charge in [-0.15, -0.1) is 0 Å². The minimum atomic E-state index is -3.51. The summed E-state index contributed by atoms with van der Waals surface area (Å²) in [5.74, 6) is 0.634. The van der Waals surface area contributed by atoms with Crippen molar-refractivity contribution in [2.45, 2.75) is 56.6 Å². The first-order valence-corrected chi connectivity index (χ1v) is 8.74. The Bertz CT molecular complexity index is 526. The van der Waals surface area contributed by atoms with Gasteiger partial charge in [-0.25, -0.2) is 13.1 Å². The predicted molar refractivity (Wildman–Crippen MR) is 77.7 cm³/mol. The summed E-state index contributed by atoms with van der Waals surface area (Å²) >= 11 is 0. The van der Waals surface area contributed by atoms with E-state index in [9.17, 15) is 8.42 Å². The van der Waals surface area contributed by atoms with Crippen LogP contribution in [-0.4, -0.2) is 31.7 Å². The Kier molecular flexibility index (Phi) is 5.17. The van der Waals surface area contributed by atoms with Crippen molar-refractivity contribution >= 4 is 10.0 Å². The first-order valence-electron chi connectivity index (χ1n) is 7.26. The van der Waals surface area contributed by atoms with Gasteiger partial charge in [0.15, 0.2) is 5.03 Å². The van der Waals surface area contributed by atoms with Crippen LogP contribution in [0, 0.1) is 5.92 Å². The number of hydrogen-bond acceptors (Lipinski definition) is 4. The van der Waals surface area contributed by atoms with E-state index < -0.39 is 10.0 Å². The van der Waals surface area contributed by atoms with Crippen molar-refractivity contribution in [2.75, 3.05) is 7.05 Å². The van der Waals surface area contributed by atoms with Crippen LogP contribution in [-0.2, 0) is 16.6 Å². The summed E-state index contributed by atoms with van der Waals surface area (Å²) < 4.78 is 27.7. The van der Waals surface area contributed by atoms with Crippen molar-refractivity contribution in [1.29, 1.82) is 0 Å². The lowest BCUT2D eigenvalue weighted by atomic mass is 9.85. The predicted octanol–water partition coefficient (Wildman–Crippen LogP) is 1.38. The molecule has 2 rings (SSSR count). The number of hydrogen-bond donors (Lipinski definition) is 3. The number of sulfonamides is 1. The van der Waals surface area contributed by atoms with Gasteiger partial charge < -0.3 is 5.32 Å². The number of nitrogens with one attached hydrogen (secondary N) is 3. The second-order valence-electron chi connectivity index (χ2n) is 5.51. The summed E-state index contributed by atoms with van der Waals surface area (Å²) in [4.78, 5) is 0. The largest absolute Gasteiger partial charge is 0.316 e. The molecule has 1 heterocycles. The smallest absolute Gasteiger partial charge is 0.258 e. The maximum Gasteiger partial charge on any atom is 0.258 e. The molecule has 0 saturated heterocycles. The molecule has 1 saturated carbocycles. The van der Waals surface area contributed by atoms with Crippen LogP contribution in [0.15, 0.2) is 11.2 Å². The van der Waals surface area contributed by atoms with Crippen molar-refractivity contribution in [3.05, 3.63) is 11.8 Å². The summed E-state index contributed by atoms with van der Waals surface area (Å²) in [5, 5.41) is 9.59. The van der Waals surface area contributed by atoms with Crippen LogP contribution in [0.25, 0.3) is 0 Å². The number of H-pyrrole nitrogens is 1. The normalized spacial score (nSPS) is 23.9. The van der Waals surface area contributed by atoms with Gasteiger partial charge in [-0.05, 0) is 25.8 Å². The molecular weight excluding hydrogens is 276 g/mol. The van der Waals surface area contributed by atoms with Crippen molar-refractivity contribution in [3.63, 3.8) is 0 Å². The Hall–Kier alpha value is -0.920. The lowest BCUT2D eigenvalue weighted by Gasteiger charge is -2.28. The lowest BCUT2D eigenvalue weighted by molar-refractivity contribution is 0.301. The quantitative estimate of drug-likeness (QED) is 0.740. The maximum absolute atomic E-state index is 12.4. The molecule has 1 aromatic heterocycles. The van der Waals surface area contributed by atoms with Crippen LogP contribution < -0.4 is 10.0 Å². The highest BCUT2D eigenvalue weighted by Gasteiger charge is 2.27. The van der Waals surface area contributed by atoms with E-state index in [1.165, 1.54) is 6.42 Å². The van der Waals surface area contributed by atoms with Crippen molar-refractivity contribution in [1.82, 2.24) is 20.2 Å². The van der Waals surface area contributed by atoms with Crippen LogP contribution in [0.3, 0.4) is 0 Å². The molecule has 20 heavy (non-hydrogen) atoms. The molecule has 2 atom stereocenters. The Balaban J connectivity index is 2.08. The van der Waals surface area contributed by atoms with Crippen molar-refractivity contribution in [2.24, 2.45) is 5.92 Å². The van der Waals surface area contributed by atoms with Crippen molar-refractivity contribution < 1.29 is 8.42 Å². The van der Waals surface area contributed by atoms with Crippen LogP contribution in [0.5, 0.6) is 0 Å². The van der Waals surface area contributed by atoms with E-state index >= 15 is 0 Å². The van der Waals surface area contributed by atoms with Gasteiger partial charge in [0.25, 0.3) is 10.0 Å². The van der Waals surface area contributed by atoms with E-state index in [-0.39, 0.29) is 11.1 Å². The van der Waals surface area contributed by atoms with E-state index in [1.54, 1.807) is 13.2 Å². The highest BCUT2D eigenvalue weighted by molar-refractivity contribution is 7.89. The Labute approximate surface area is 120 Å². The zero-order valence-corrected chi connectivity index (χ0v) is 13.0. The van der Waals surface area contributed by atoms with E-state index in [0.29, 0.717) is 18.0 Å². The summed E-state index contributed by atoms with van der Waals surface area (Å²) in [7, 11) is -1.73. The van der Waals surface area contributed by atoms with Crippen LogP contribution in [0.4, 0.5) is 0 Å². The van der Waals surface area contributed by atoms with Crippen LogP contribution in [0.1, 0.15) is 44.6 Å². The summed E-state index contributed by atoms with van der Waals surface area (Å²) in [6.07, 6.45) is 6.84. The Morgan fingerprint density at radius 3 is 2.95 bits per heavy atom. The van der Waals surface area contributed by atoms with Crippen LogP contribution in [0.2, 0.25) is 0 Å². The molecule has 7 heteroatoms. The average molecular weight is 300 g/mol. The molecule has 1 aliphatic carbocycles. The van der Waals surface area contributed by atoms with E-state index in [0.717, 1.165) is 25.7 Å². The third-order valence-electron chi connectivity index (χ3n) is 4.00. The number of aromatic amines is 1. The van der Waals surface area contributed by atoms with Gasteiger partial charge in [0.1, 0.15) is 0 Å². The molecule has 2 unspecified atom stereocenters. The zero-order chi connectivity index (χ0) is 14.6. The second kappa shape index (κ2) is 6.69. The SMILES string of the molecule is CCC1CCCC(NS(=O)(=O)c2[nH]ncc2CNC)C1. The molecule has 114 valence electrons. The fraction of sp³-hybridized carbons (Fsp3) is 0.769. The molecule has 0 spiro atoms. The number of aromatic nitrogens is 2. The fourth-order valence-electron chi connectivity index (χ4n) is 2.90. The second-order valence-corrected chi connectivity index (χ2v) is 7.16. The molecule has 1 aliphatic rings. The monoisotopic (exact) mass is 300 g/mol. The van der Waals surface area contributed by atoms with E-state index in [2.05, 4.69) is 27.2 Å². The fourth-order valence-corrected chi connectivity index (χ4v) is 4.31. The zero-order valence-electron chi connectivity index (χ0n) is 12.1. The molecular formula is C13H24N4O2S. The van der Waals surface area contributed by atoms with Gasteiger partial charge in [0.05, 0.1) is 6.20 Å². The van der Waals surface area contributed by atoms with E-state index in [4.69, 9.17) is 0 Å². The highest BCUT2D eigenvalue weighted by Crippen LogP contribution is 2.27. The number of nitrogens with zero attached hydrogens (tertiary/aromatic N) is 1. The summed E-state index contributed by atoms with van der Waals surface area (Å²) in [6, 6.07) is 0.0458. The van der Waals surface area contributed by atoms with Gasteiger partial charge in [-0.3, -0.25) is 5.10 Å². The Morgan fingerprint density at radius 1 is 1.45 bits per heavy atom. The van der Waals surface area contributed by atoms with Gasteiger partial charge in [0, 0.05) is 18.2 Å². The first-order chi connectivity index (χ1) is 9.56. The van der Waals surface area contributed by atoms with Gasteiger partial charge >= 0.3 is 0 Å². The van der Waals surface area contributed by atoms with Gasteiger partial charge in [0.2, 0.25) is 0 Å². The summed E-state index contributed by atoms with van der Waals surface area (Å²) in [6.45, 7) is 2.65. The molecule has 0 aliphatic heterocycles. The molecule has 3 N–H and O–H groups in total. The Morgan fingerprint density at radius 2 is 2.25 bits per heavy atom. The first kappa shape index (κ1) is 15.5. The molecule has 1 aromatic rings. The lowest BCUT2D eigenvalue weighted by Crippen LogP contribution is -2.38. The minimum Gasteiger partial charge on any atom is -0.316 e. The third-order valence-corrected chi connectivity index (χ3v) is 5.53. The standard InChI is InChI=1S/C13H24N4O2S/c1-3-10-5-4-6-12(7-10)17-20(18,19)13-11(8-14-2)9-15-16-13/h9-10,12,14,17H,3-8H2,1-2H3,(H,15,16). The van der Waals surface area contributed by atoms with Crippen LogP contribution >= 0.6 is 0 Å². The van der Waals surface area contributed by atoms with Gasteiger partial charge in [-0.2, -0.15) is 5.10 Å². The highest BCUT2D eigenvalue weighted by atomic mass is 32.2. The third kappa shape index (κ3) is 3.59. The molecule has 0 radical (unpaired) electrons. The molecule has 0 aromatic carbocycles. The number of rotatable bonds is 6. The topological polar surface area (TPSA) is 86.9 Å². The van der Waals surface area contributed by atoms with Gasteiger partial charge in [-0.1, -0.05) is 26.2 Å². The minimum absolute atomic E-state index is 0.0458. The molecule has 0 amide bonds. The van der Waals surface area contributed by atoms with Crippen molar-refractivity contribution in [3.8, 4) is 0 Å². The summed E-state index contributed by atoms with van der Waals surface area (Å²) in [5.41, 5.74) is 0.669. The molecule has 0 bridgehead atoms. The molecule has 1 fully saturated rings. The maximum atomic E-state index is 12.4. The van der Waals surface area contributed by atoms with E-state index in [1.807, 2.05) is 0 Å².